The molecule has 1 aromatic rings. The molecule has 1 heterocycles. The molecule has 0 saturated heterocycles. The van der Waals surface area contributed by atoms with Crippen LogP contribution in [-0.2, 0) is 0 Å². The maximum Gasteiger partial charge on any atom is 0.129 e. The number of anilines is 1. The lowest BCUT2D eigenvalue weighted by atomic mass is 9.95. The van der Waals surface area contributed by atoms with Gasteiger partial charge in [-0.3, -0.25) is 0 Å². The van der Waals surface area contributed by atoms with Crippen molar-refractivity contribution in [1.82, 2.24) is 9.97 Å². The second kappa shape index (κ2) is 4.40. The normalized spacial score (nSPS) is 18.1. The molecule has 14 heavy (non-hydrogen) atoms. The van der Waals surface area contributed by atoms with Crippen molar-refractivity contribution < 1.29 is 0 Å². The van der Waals surface area contributed by atoms with E-state index in [1.165, 1.54) is 32.1 Å². The maximum absolute atomic E-state index is 4.21. The number of nitrogens with one attached hydrogen (secondary N) is 1. The van der Waals surface area contributed by atoms with Crippen molar-refractivity contribution in [3.63, 3.8) is 0 Å². The first-order chi connectivity index (χ1) is 6.84. The van der Waals surface area contributed by atoms with Gasteiger partial charge < -0.3 is 5.32 Å². The Kier molecular flexibility index (Phi) is 2.96. The van der Waals surface area contributed by atoms with E-state index < -0.39 is 0 Å². The summed E-state index contributed by atoms with van der Waals surface area (Å²) in [6.45, 7) is 1.99. The van der Waals surface area contributed by atoms with Crippen molar-refractivity contribution in [1.29, 1.82) is 0 Å². The Morgan fingerprint density at radius 2 is 2.00 bits per heavy atom. The fraction of sp³-hybridized carbons (Fsp3) is 0.636. The second-order valence-electron chi connectivity index (χ2n) is 4.02. The number of aryl methyl sites for hydroxylation is 1. The van der Waals surface area contributed by atoms with Gasteiger partial charge in [-0.05, 0) is 19.8 Å². The zero-order valence-electron chi connectivity index (χ0n) is 8.66. The summed E-state index contributed by atoms with van der Waals surface area (Å²) < 4.78 is 0. The third kappa shape index (κ3) is 2.44. The Labute approximate surface area is 85.0 Å². The smallest absolute Gasteiger partial charge is 0.129 e. The monoisotopic (exact) mass is 191 g/mol. The van der Waals surface area contributed by atoms with E-state index in [2.05, 4.69) is 15.3 Å². The lowest BCUT2D eigenvalue weighted by Gasteiger charge is -2.23. The zero-order chi connectivity index (χ0) is 9.80. The van der Waals surface area contributed by atoms with Crippen molar-refractivity contribution in [2.24, 2.45) is 0 Å². The van der Waals surface area contributed by atoms with Gasteiger partial charge in [0.15, 0.2) is 0 Å². The summed E-state index contributed by atoms with van der Waals surface area (Å²) in [6.07, 6.45) is 8.27. The third-order valence-electron chi connectivity index (χ3n) is 2.76. The Hall–Kier alpha value is -1.12. The summed E-state index contributed by atoms with van der Waals surface area (Å²) in [6, 6.07) is 2.63. The standard InChI is InChI=1S/C11H17N3/c1-9-7-11(13-8-12-9)14-10-5-3-2-4-6-10/h7-8,10H,2-6H2,1H3,(H,12,13,14). The average molecular weight is 191 g/mol. The van der Waals surface area contributed by atoms with Crippen molar-refractivity contribution in [2.45, 2.75) is 45.1 Å². The van der Waals surface area contributed by atoms with Crippen molar-refractivity contribution in [2.75, 3.05) is 5.32 Å². The molecule has 1 N–H and O–H groups in total. The van der Waals surface area contributed by atoms with Crippen LogP contribution in [0.1, 0.15) is 37.8 Å². The number of rotatable bonds is 2. The molecule has 76 valence electrons. The van der Waals surface area contributed by atoms with E-state index in [1.54, 1.807) is 6.33 Å². The molecule has 0 atom stereocenters. The molecular formula is C11H17N3. The van der Waals surface area contributed by atoms with Crippen LogP contribution in [0.2, 0.25) is 0 Å². The van der Waals surface area contributed by atoms with E-state index in [0.717, 1.165) is 11.5 Å². The molecule has 1 aliphatic rings. The summed E-state index contributed by atoms with van der Waals surface area (Å²) >= 11 is 0. The molecule has 0 aliphatic heterocycles. The SMILES string of the molecule is Cc1cc(NC2CCCCC2)ncn1. The van der Waals surface area contributed by atoms with Crippen molar-refractivity contribution in [3.8, 4) is 0 Å². The van der Waals surface area contributed by atoms with E-state index >= 15 is 0 Å². The molecule has 1 aliphatic carbocycles. The van der Waals surface area contributed by atoms with Gasteiger partial charge in [-0.25, -0.2) is 9.97 Å². The van der Waals surface area contributed by atoms with Gasteiger partial charge >= 0.3 is 0 Å². The van der Waals surface area contributed by atoms with Gasteiger partial charge in [0, 0.05) is 17.8 Å². The van der Waals surface area contributed by atoms with Crippen LogP contribution in [0, 0.1) is 6.92 Å². The molecule has 1 fully saturated rings. The highest BCUT2D eigenvalue weighted by Crippen LogP contribution is 2.20. The van der Waals surface area contributed by atoms with Gasteiger partial charge in [0.25, 0.3) is 0 Å². The summed E-state index contributed by atoms with van der Waals surface area (Å²) in [5.74, 6) is 0.976. The van der Waals surface area contributed by atoms with E-state index in [-0.39, 0.29) is 0 Å². The molecule has 2 rings (SSSR count). The Morgan fingerprint density at radius 3 is 2.71 bits per heavy atom. The first-order valence-electron chi connectivity index (χ1n) is 5.40. The summed E-state index contributed by atoms with van der Waals surface area (Å²) in [7, 11) is 0. The highest BCUT2D eigenvalue weighted by atomic mass is 15.0. The lowest BCUT2D eigenvalue weighted by molar-refractivity contribution is 0.462. The second-order valence-corrected chi connectivity index (χ2v) is 4.02. The molecule has 0 unspecified atom stereocenters. The quantitative estimate of drug-likeness (QED) is 0.780. The number of hydrogen-bond donors (Lipinski definition) is 1. The van der Waals surface area contributed by atoms with Crippen LogP contribution in [0.25, 0.3) is 0 Å². The molecule has 3 heteroatoms. The predicted molar refractivity (Wildman–Crippen MR) is 57.3 cm³/mol. The van der Waals surface area contributed by atoms with Crippen LogP contribution in [0.15, 0.2) is 12.4 Å². The molecule has 0 bridgehead atoms. The van der Waals surface area contributed by atoms with Crippen LogP contribution >= 0.6 is 0 Å². The summed E-state index contributed by atoms with van der Waals surface area (Å²) in [5, 5.41) is 3.47. The van der Waals surface area contributed by atoms with E-state index in [1.807, 2.05) is 13.0 Å². The predicted octanol–water partition coefficient (Wildman–Crippen LogP) is 2.53. The van der Waals surface area contributed by atoms with Gasteiger partial charge in [-0.1, -0.05) is 19.3 Å². The molecule has 3 nitrogen and oxygen atoms in total. The van der Waals surface area contributed by atoms with Crippen LogP contribution in [0.4, 0.5) is 5.82 Å². The van der Waals surface area contributed by atoms with Gasteiger partial charge in [0.1, 0.15) is 12.1 Å². The van der Waals surface area contributed by atoms with E-state index in [4.69, 9.17) is 0 Å². The molecule has 0 aromatic carbocycles. The van der Waals surface area contributed by atoms with E-state index in [9.17, 15) is 0 Å². The highest BCUT2D eigenvalue weighted by Gasteiger charge is 2.13. The minimum absolute atomic E-state index is 0.623. The van der Waals surface area contributed by atoms with E-state index in [0.29, 0.717) is 6.04 Å². The number of hydrogen-bond acceptors (Lipinski definition) is 3. The summed E-state index contributed by atoms with van der Waals surface area (Å²) in [5.41, 5.74) is 1.03. The third-order valence-corrected chi connectivity index (χ3v) is 2.76. The van der Waals surface area contributed by atoms with Crippen LogP contribution in [0.5, 0.6) is 0 Å². The maximum atomic E-state index is 4.21. The fourth-order valence-electron chi connectivity index (χ4n) is 1.99. The fourth-order valence-corrected chi connectivity index (χ4v) is 1.99. The first-order valence-corrected chi connectivity index (χ1v) is 5.40. The number of aromatic nitrogens is 2. The molecule has 0 radical (unpaired) electrons. The molecular weight excluding hydrogens is 174 g/mol. The van der Waals surface area contributed by atoms with Crippen molar-refractivity contribution in [3.05, 3.63) is 18.1 Å². The Morgan fingerprint density at radius 1 is 1.21 bits per heavy atom. The van der Waals surface area contributed by atoms with Gasteiger partial charge in [0.05, 0.1) is 0 Å². The number of nitrogens with zero attached hydrogens (tertiary/aromatic N) is 2. The molecule has 0 spiro atoms. The van der Waals surface area contributed by atoms with Crippen LogP contribution in [-0.4, -0.2) is 16.0 Å². The van der Waals surface area contributed by atoms with Crippen LogP contribution < -0.4 is 5.32 Å². The van der Waals surface area contributed by atoms with Gasteiger partial charge in [-0.15, -0.1) is 0 Å². The van der Waals surface area contributed by atoms with Gasteiger partial charge in [-0.2, -0.15) is 0 Å². The van der Waals surface area contributed by atoms with Crippen LogP contribution in [0.3, 0.4) is 0 Å². The van der Waals surface area contributed by atoms with Gasteiger partial charge in [0.2, 0.25) is 0 Å². The largest absolute Gasteiger partial charge is 0.367 e. The minimum Gasteiger partial charge on any atom is -0.367 e. The topological polar surface area (TPSA) is 37.8 Å². The summed E-state index contributed by atoms with van der Waals surface area (Å²) in [4.78, 5) is 8.29. The highest BCUT2D eigenvalue weighted by molar-refractivity contribution is 5.35. The molecule has 0 amide bonds. The average Bonchev–Trinajstić information content (AvgIpc) is 2.19. The van der Waals surface area contributed by atoms with Crippen molar-refractivity contribution >= 4 is 5.82 Å². The lowest BCUT2D eigenvalue weighted by Crippen LogP contribution is -2.22. The molecule has 1 saturated carbocycles. The first kappa shape index (κ1) is 9.44. The zero-order valence-corrected chi connectivity index (χ0v) is 8.66. The molecule has 1 aromatic heterocycles. The minimum atomic E-state index is 0.623. The Balaban J connectivity index is 1.95. The Bertz CT molecular complexity index is 292.